The van der Waals surface area contributed by atoms with Crippen molar-refractivity contribution in [3.8, 4) is 0 Å². The van der Waals surface area contributed by atoms with Crippen LogP contribution in [0.1, 0.15) is 25.1 Å². The van der Waals surface area contributed by atoms with Crippen LogP contribution in [0.4, 0.5) is 5.13 Å². The highest BCUT2D eigenvalue weighted by molar-refractivity contribution is 7.15. The van der Waals surface area contributed by atoms with E-state index < -0.39 is 0 Å². The Morgan fingerprint density at radius 3 is 2.90 bits per heavy atom. The molecular weight excluding hydrogens is 270 g/mol. The van der Waals surface area contributed by atoms with Gasteiger partial charge in [0.05, 0.1) is 0 Å². The van der Waals surface area contributed by atoms with Gasteiger partial charge in [-0.25, -0.2) is 4.98 Å². The summed E-state index contributed by atoms with van der Waals surface area (Å²) in [5, 5.41) is 8.78. The highest BCUT2D eigenvalue weighted by atomic mass is 32.1. The average Bonchev–Trinajstić information content (AvgIpc) is 3.12. The lowest BCUT2D eigenvalue weighted by Gasteiger charge is -2.16. The molecule has 2 aromatic rings. The van der Waals surface area contributed by atoms with Gasteiger partial charge in [0, 0.05) is 49.6 Å². The Kier molecular flexibility index (Phi) is 6.01. The number of nitrogens with one attached hydrogen (secondary N) is 1. The minimum atomic E-state index is 0.901. The Morgan fingerprint density at radius 1 is 1.35 bits per heavy atom. The molecule has 0 saturated heterocycles. The van der Waals surface area contributed by atoms with E-state index in [0.29, 0.717) is 0 Å². The molecule has 0 radical (unpaired) electrons. The fraction of sp³-hybridized carbons (Fsp3) is 0.571. The number of anilines is 1. The molecular formula is C14H23N5S. The van der Waals surface area contributed by atoms with Crippen LogP contribution in [0, 0.1) is 0 Å². The van der Waals surface area contributed by atoms with E-state index in [1.54, 1.807) is 11.3 Å². The zero-order chi connectivity index (χ0) is 14.2. The maximum absolute atomic E-state index is 4.49. The zero-order valence-electron chi connectivity index (χ0n) is 12.2. The number of rotatable bonds is 9. The van der Waals surface area contributed by atoms with Gasteiger partial charge in [0.1, 0.15) is 0 Å². The molecule has 2 rings (SSSR count). The van der Waals surface area contributed by atoms with Crippen LogP contribution in [0.3, 0.4) is 0 Å². The first-order chi connectivity index (χ1) is 9.83. The molecule has 2 heterocycles. The van der Waals surface area contributed by atoms with Crippen LogP contribution in [-0.4, -0.2) is 34.4 Å². The number of nitrogens with zero attached hydrogens (tertiary/aromatic N) is 4. The van der Waals surface area contributed by atoms with Crippen LogP contribution >= 0.6 is 11.3 Å². The Labute approximate surface area is 124 Å². The van der Waals surface area contributed by atoms with E-state index in [9.17, 15) is 0 Å². The second-order valence-corrected chi connectivity index (χ2v) is 5.67. The molecule has 0 aliphatic carbocycles. The van der Waals surface area contributed by atoms with Gasteiger partial charge in [-0.2, -0.15) is 5.10 Å². The molecule has 0 spiro atoms. The first-order valence-electron chi connectivity index (χ1n) is 7.21. The highest BCUT2D eigenvalue weighted by Crippen LogP contribution is 2.21. The normalized spacial score (nSPS) is 10.9. The van der Waals surface area contributed by atoms with E-state index in [1.165, 1.54) is 4.88 Å². The number of aryl methyl sites for hydroxylation is 1. The smallest absolute Gasteiger partial charge is 0.185 e. The van der Waals surface area contributed by atoms with Crippen LogP contribution in [0.25, 0.3) is 0 Å². The molecule has 0 aliphatic heterocycles. The maximum Gasteiger partial charge on any atom is 0.185 e. The Bertz CT molecular complexity index is 475. The molecule has 0 unspecified atom stereocenters. The van der Waals surface area contributed by atoms with Gasteiger partial charge in [0.25, 0.3) is 0 Å². The van der Waals surface area contributed by atoms with Crippen molar-refractivity contribution in [1.82, 2.24) is 20.1 Å². The molecule has 2 aromatic heterocycles. The van der Waals surface area contributed by atoms with E-state index in [-0.39, 0.29) is 0 Å². The van der Waals surface area contributed by atoms with E-state index in [1.807, 2.05) is 29.3 Å². The molecule has 5 nitrogen and oxygen atoms in total. The summed E-state index contributed by atoms with van der Waals surface area (Å²) in [5.41, 5.74) is 0. The van der Waals surface area contributed by atoms with Gasteiger partial charge in [-0.3, -0.25) is 4.68 Å². The standard InChI is InChI=1S/C14H23N5S/c1-3-18(4-2)14-16-12-13(20-14)11-15-7-5-9-19-10-6-8-17-19/h6,8,10,12,15H,3-5,7,9,11H2,1-2H3. The molecule has 20 heavy (non-hydrogen) atoms. The van der Waals surface area contributed by atoms with E-state index in [0.717, 1.165) is 44.3 Å². The summed E-state index contributed by atoms with van der Waals surface area (Å²) in [7, 11) is 0. The van der Waals surface area contributed by atoms with Crippen molar-refractivity contribution in [2.75, 3.05) is 24.5 Å². The number of hydrogen-bond acceptors (Lipinski definition) is 5. The summed E-state index contributed by atoms with van der Waals surface area (Å²) in [6.07, 6.45) is 6.89. The lowest BCUT2D eigenvalue weighted by molar-refractivity contribution is 0.544. The van der Waals surface area contributed by atoms with Gasteiger partial charge < -0.3 is 10.2 Å². The molecule has 0 aliphatic rings. The van der Waals surface area contributed by atoms with Gasteiger partial charge >= 0.3 is 0 Å². The summed E-state index contributed by atoms with van der Waals surface area (Å²) < 4.78 is 1.97. The largest absolute Gasteiger partial charge is 0.349 e. The fourth-order valence-corrected chi connectivity index (χ4v) is 3.04. The number of aromatic nitrogens is 3. The summed E-state index contributed by atoms with van der Waals surface area (Å²) in [6.45, 7) is 9.22. The first kappa shape index (κ1) is 15.0. The monoisotopic (exact) mass is 293 g/mol. The van der Waals surface area contributed by atoms with Gasteiger partial charge in [0.2, 0.25) is 0 Å². The van der Waals surface area contributed by atoms with Crippen LogP contribution in [0.15, 0.2) is 24.7 Å². The highest BCUT2D eigenvalue weighted by Gasteiger charge is 2.07. The second-order valence-electron chi connectivity index (χ2n) is 4.58. The van der Waals surface area contributed by atoms with Gasteiger partial charge in [-0.15, -0.1) is 11.3 Å². The summed E-state index contributed by atoms with van der Waals surface area (Å²) >= 11 is 1.78. The third-order valence-electron chi connectivity index (χ3n) is 3.17. The van der Waals surface area contributed by atoms with Crippen molar-refractivity contribution >= 4 is 16.5 Å². The Morgan fingerprint density at radius 2 is 2.20 bits per heavy atom. The topological polar surface area (TPSA) is 46.0 Å². The third-order valence-corrected chi connectivity index (χ3v) is 4.23. The van der Waals surface area contributed by atoms with Crippen molar-refractivity contribution in [3.63, 3.8) is 0 Å². The van der Waals surface area contributed by atoms with Crippen molar-refractivity contribution in [2.45, 2.75) is 33.4 Å². The third kappa shape index (κ3) is 4.31. The minimum absolute atomic E-state index is 0.901. The lowest BCUT2D eigenvalue weighted by Crippen LogP contribution is -2.21. The van der Waals surface area contributed by atoms with Crippen LogP contribution in [0.5, 0.6) is 0 Å². The van der Waals surface area contributed by atoms with Crippen LogP contribution < -0.4 is 10.2 Å². The van der Waals surface area contributed by atoms with E-state index in [4.69, 9.17) is 0 Å². The number of hydrogen-bond donors (Lipinski definition) is 1. The van der Waals surface area contributed by atoms with Gasteiger partial charge in [-0.05, 0) is 32.9 Å². The predicted octanol–water partition coefficient (Wildman–Crippen LogP) is 2.37. The molecule has 6 heteroatoms. The SMILES string of the molecule is CCN(CC)c1ncc(CNCCCn2cccn2)s1. The van der Waals surface area contributed by atoms with Crippen molar-refractivity contribution in [1.29, 1.82) is 0 Å². The van der Waals surface area contributed by atoms with Gasteiger partial charge in [-0.1, -0.05) is 0 Å². The molecule has 110 valence electrons. The van der Waals surface area contributed by atoms with Crippen molar-refractivity contribution in [2.24, 2.45) is 0 Å². The van der Waals surface area contributed by atoms with Crippen molar-refractivity contribution < 1.29 is 0 Å². The quantitative estimate of drug-likeness (QED) is 0.721. The van der Waals surface area contributed by atoms with E-state index in [2.05, 4.69) is 34.1 Å². The van der Waals surface area contributed by atoms with Crippen LogP contribution in [-0.2, 0) is 13.1 Å². The summed E-state index contributed by atoms with van der Waals surface area (Å²) in [4.78, 5) is 8.07. The maximum atomic E-state index is 4.49. The molecule has 0 atom stereocenters. The lowest BCUT2D eigenvalue weighted by atomic mass is 10.4. The molecule has 0 bridgehead atoms. The molecule has 1 N–H and O–H groups in total. The predicted molar refractivity (Wildman–Crippen MR) is 84.2 cm³/mol. The van der Waals surface area contributed by atoms with E-state index >= 15 is 0 Å². The van der Waals surface area contributed by atoms with Crippen LogP contribution in [0.2, 0.25) is 0 Å². The molecule has 0 fully saturated rings. The fourth-order valence-electron chi connectivity index (χ4n) is 2.03. The number of thiazole rings is 1. The molecule has 0 saturated carbocycles. The molecule has 0 amide bonds. The first-order valence-corrected chi connectivity index (χ1v) is 8.03. The average molecular weight is 293 g/mol. The Balaban J connectivity index is 1.66. The molecule has 0 aromatic carbocycles. The summed E-state index contributed by atoms with van der Waals surface area (Å²) in [5.74, 6) is 0. The second kappa shape index (κ2) is 8.01. The minimum Gasteiger partial charge on any atom is -0.349 e. The van der Waals surface area contributed by atoms with Crippen molar-refractivity contribution in [3.05, 3.63) is 29.5 Å². The zero-order valence-corrected chi connectivity index (χ0v) is 13.1. The summed E-state index contributed by atoms with van der Waals surface area (Å²) in [6, 6.07) is 1.96. The van der Waals surface area contributed by atoms with Gasteiger partial charge in [0.15, 0.2) is 5.13 Å². The Hall–Kier alpha value is -1.40.